The van der Waals surface area contributed by atoms with Crippen LogP contribution in [0.25, 0.3) is 10.9 Å². The number of aliphatic hydroxyl groups is 1. The number of nitrogens with zero attached hydrogens (tertiary/aromatic N) is 3. The van der Waals surface area contributed by atoms with Crippen molar-refractivity contribution >= 4 is 46.5 Å². The Kier molecular flexibility index (Phi) is 13.0. The lowest BCUT2D eigenvalue weighted by Crippen LogP contribution is -2.53. The number of rotatable bonds is 11. The zero-order chi connectivity index (χ0) is 39.9. The number of aryl methyl sites for hydroxylation is 1. The molecule has 296 valence electrons. The van der Waals surface area contributed by atoms with Gasteiger partial charge in [-0.1, -0.05) is 48.5 Å². The number of aromatic nitrogens is 1. The van der Waals surface area contributed by atoms with Gasteiger partial charge >= 0.3 is 12.2 Å². The van der Waals surface area contributed by atoms with Crippen LogP contribution in [-0.2, 0) is 30.3 Å². The van der Waals surface area contributed by atoms with E-state index in [1.165, 1.54) is 9.80 Å². The number of benzene rings is 2. The number of fused-ring (bicyclic) bond motifs is 1. The van der Waals surface area contributed by atoms with Gasteiger partial charge in [0, 0.05) is 31.1 Å². The number of pyridine rings is 1. The van der Waals surface area contributed by atoms with Crippen molar-refractivity contribution in [2.45, 2.75) is 109 Å². The van der Waals surface area contributed by atoms with Gasteiger partial charge in [0.05, 0.1) is 17.4 Å². The molecule has 1 aromatic heterocycles. The van der Waals surface area contributed by atoms with Crippen LogP contribution >= 0.6 is 0 Å². The van der Waals surface area contributed by atoms with E-state index in [1.807, 2.05) is 54.6 Å². The van der Waals surface area contributed by atoms with Crippen molar-refractivity contribution in [1.29, 1.82) is 0 Å². The first-order valence-electron chi connectivity index (χ1n) is 18.9. The van der Waals surface area contributed by atoms with Crippen molar-refractivity contribution in [3.63, 3.8) is 0 Å². The molecule has 0 radical (unpaired) electrons. The van der Waals surface area contributed by atoms with Gasteiger partial charge in [-0.3, -0.25) is 24.3 Å². The summed E-state index contributed by atoms with van der Waals surface area (Å²) in [6.45, 7) is 11.0. The lowest BCUT2D eigenvalue weighted by atomic mass is 10.0. The maximum Gasteiger partial charge on any atom is 0.410 e. The summed E-state index contributed by atoms with van der Waals surface area (Å²) >= 11 is 0. The molecule has 2 aliphatic rings. The van der Waals surface area contributed by atoms with Crippen molar-refractivity contribution in [1.82, 2.24) is 25.4 Å². The molecule has 14 heteroatoms. The number of aliphatic hydroxyl groups excluding tert-OH is 1. The first kappa shape index (κ1) is 40.9. The van der Waals surface area contributed by atoms with E-state index in [1.54, 1.807) is 53.8 Å². The quantitative estimate of drug-likeness (QED) is 0.214. The molecule has 0 bridgehead atoms. The average molecular weight is 759 g/mol. The summed E-state index contributed by atoms with van der Waals surface area (Å²) in [5, 5.41) is 20.1. The van der Waals surface area contributed by atoms with E-state index in [9.17, 15) is 29.1 Å². The standard InChI is InChI=1S/C41H54N6O8/c1-40(2,3)54-38(52)42-19-18-27-20-33(47(24-27)39(53)55-41(4,5)6)37(51)46-25-30(45-36(50)34(48)17-16-26-12-8-7-9-13-26)22-32(46)35(49)44-29-21-28-14-10-11-15-31(28)43-23-29/h7-15,21,23,27,30,32-34,48H,16-20,22,24-25H2,1-6H3,(H,42,52)(H,44,49)(H,45,50)/t27?,30-,32+,33+,34-/m1/s1. The second kappa shape index (κ2) is 17.5. The van der Waals surface area contributed by atoms with Gasteiger partial charge in [0.15, 0.2) is 0 Å². The normalized spacial score (nSPS) is 20.5. The maximum atomic E-state index is 14.6. The fourth-order valence-corrected chi connectivity index (χ4v) is 6.95. The maximum absolute atomic E-state index is 14.6. The summed E-state index contributed by atoms with van der Waals surface area (Å²) in [5.41, 5.74) is 0.683. The molecular weight excluding hydrogens is 704 g/mol. The molecule has 1 unspecified atom stereocenters. The third kappa shape index (κ3) is 11.6. The predicted molar refractivity (Wildman–Crippen MR) is 207 cm³/mol. The number of hydrogen-bond donors (Lipinski definition) is 4. The van der Waals surface area contributed by atoms with Crippen molar-refractivity contribution in [2.24, 2.45) is 5.92 Å². The largest absolute Gasteiger partial charge is 0.444 e. The molecule has 4 N–H and O–H groups in total. The number of carbonyl (C=O) groups is 5. The average Bonchev–Trinajstić information content (AvgIpc) is 3.74. The molecule has 3 aromatic rings. The summed E-state index contributed by atoms with van der Waals surface area (Å²) in [6.07, 6.45) is 0.513. The monoisotopic (exact) mass is 758 g/mol. The topological polar surface area (TPSA) is 180 Å². The van der Waals surface area contributed by atoms with Crippen LogP contribution in [0.2, 0.25) is 0 Å². The molecule has 5 atom stereocenters. The van der Waals surface area contributed by atoms with E-state index in [4.69, 9.17) is 9.47 Å². The minimum atomic E-state index is -1.30. The van der Waals surface area contributed by atoms with Gasteiger partial charge in [0.25, 0.3) is 0 Å². The first-order valence-corrected chi connectivity index (χ1v) is 18.9. The molecule has 5 amide bonds. The highest BCUT2D eigenvalue weighted by atomic mass is 16.6. The Morgan fingerprint density at radius 1 is 0.873 bits per heavy atom. The van der Waals surface area contributed by atoms with Crippen LogP contribution in [0.15, 0.2) is 66.9 Å². The third-order valence-corrected chi connectivity index (χ3v) is 9.46. The van der Waals surface area contributed by atoms with Gasteiger partial charge in [-0.15, -0.1) is 0 Å². The number of hydrogen-bond acceptors (Lipinski definition) is 9. The Labute approximate surface area is 322 Å². The number of amides is 5. The molecule has 0 saturated carbocycles. The van der Waals surface area contributed by atoms with E-state index in [0.29, 0.717) is 18.5 Å². The van der Waals surface area contributed by atoms with Crippen molar-refractivity contribution in [3.05, 3.63) is 72.4 Å². The van der Waals surface area contributed by atoms with Crippen LogP contribution in [0.5, 0.6) is 0 Å². The molecule has 14 nitrogen and oxygen atoms in total. The Bertz CT molecular complexity index is 1840. The molecule has 55 heavy (non-hydrogen) atoms. The van der Waals surface area contributed by atoms with E-state index in [-0.39, 0.29) is 44.8 Å². The lowest BCUT2D eigenvalue weighted by molar-refractivity contribution is -0.140. The van der Waals surface area contributed by atoms with E-state index < -0.39 is 65.3 Å². The van der Waals surface area contributed by atoms with Gasteiger partial charge in [0.1, 0.15) is 29.4 Å². The molecule has 5 rings (SSSR count). The van der Waals surface area contributed by atoms with Crippen LogP contribution in [0.1, 0.15) is 72.8 Å². The summed E-state index contributed by atoms with van der Waals surface area (Å²) in [7, 11) is 0. The van der Waals surface area contributed by atoms with Gasteiger partial charge in [0.2, 0.25) is 17.7 Å². The number of ether oxygens (including phenoxy) is 2. The zero-order valence-electron chi connectivity index (χ0n) is 32.5. The zero-order valence-corrected chi connectivity index (χ0v) is 32.5. The number of carbonyl (C=O) groups excluding carboxylic acids is 5. The molecule has 2 aliphatic heterocycles. The van der Waals surface area contributed by atoms with Crippen molar-refractivity contribution in [3.8, 4) is 0 Å². The fraction of sp³-hybridized carbons (Fsp3) is 0.512. The van der Waals surface area contributed by atoms with Gasteiger partial charge in [-0.05, 0) is 97.3 Å². The van der Waals surface area contributed by atoms with E-state index in [0.717, 1.165) is 16.5 Å². The minimum Gasteiger partial charge on any atom is -0.444 e. The molecule has 2 fully saturated rings. The molecule has 0 spiro atoms. The minimum absolute atomic E-state index is 0.0203. The number of likely N-dealkylation sites (tertiary alicyclic amines) is 2. The first-order chi connectivity index (χ1) is 26.0. The number of anilines is 1. The number of para-hydroxylation sites is 1. The van der Waals surface area contributed by atoms with Gasteiger partial charge < -0.3 is 35.4 Å². The highest BCUT2D eigenvalue weighted by molar-refractivity contribution is 6.00. The lowest BCUT2D eigenvalue weighted by Gasteiger charge is -2.32. The Morgan fingerprint density at radius 2 is 1.56 bits per heavy atom. The summed E-state index contributed by atoms with van der Waals surface area (Å²) in [4.78, 5) is 74.9. The summed E-state index contributed by atoms with van der Waals surface area (Å²) in [5.74, 6) is -1.72. The highest BCUT2D eigenvalue weighted by Gasteiger charge is 2.48. The van der Waals surface area contributed by atoms with Crippen molar-refractivity contribution < 1.29 is 38.6 Å². The van der Waals surface area contributed by atoms with Crippen LogP contribution in [0.4, 0.5) is 15.3 Å². The van der Waals surface area contributed by atoms with Crippen molar-refractivity contribution in [2.75, 3.05) is 25.0 Å². The highest BCUT2D eigenvalue weighted by Crippen LogP contribution is 2.32. The van der Waals surface area contributed by atoms with Crippen LogP contribution in [0.3, 0.4) is 0 Å². The summed E-state index contributed by atoms with van der Waals surface area (Å²) < 4.78 is 11.1. The van der Waals surface area contributed by atoms with Gasteiger partial charge in [-0.25, -0.2) is 9.59 Å². The van der Waals surface area contributed by atoms with E-state index >= 15 is 0 Å². The predicted octanol–water partition coefficient (Wildman–Crippen LogP) is 4.79. The molecule has 3 heterocycles. The second-order valence-corrected chi connectivity index (χ2v) is 16.4. The Balaban J connectivity index is 1.34. The third-order valence-electron chi connectivity index (χ3n) is 9.46. The Morgan fingerprint density at radius 3 is 2.27 bits per heavy atom. The SMILES string of the molecule is CC(C)(C)OC(=O)NCCC1C[C@@H](C(=O)N2C[C@H](NC(=O)[C@H](O)CCc3ccccc3)C[C@H]2C(=O)Nc2cnc3ccccc3c2)N(C(=O)OC(C)(C)C)C1. The molecule has 2 saturated heterocycles. The number of alkyl carbamates (subject to hydrolysis) is 1. The van der Waals surface area contributed by atoms with Gasteiger partial charge in [-0.2, -0.15) is 0 Å². The molecule has 2 aromatic carbocycles. The van der Waals surface area contributed by atoms with Crippen LogP contribution in [0, 0.1) is 5.92 Å². The Hall–Kier alpha value is -5.24. The number of nitrogens with one attached hydrogen (secondary N) is 3. The smallest absolute Gasteiger partial charge is 0.410 e. The van der Waals surface area contributed by atoms with Crippen LogP contribution in [-0.4, -0.2) is 105 Å². The van der Waals surface area contributed by atoms with E-state index in [2.05, 4.69) is 20.9 Å². The fourth-order valence-electron chi connectivity index (χ4n) is 6.95. The van der Waals surface area contributed by atoms with Crippen LogP contribution < -0.4 is 16.0 Å². The molecule has 0 aliphatic carbocycles. The molecular formula is C41H54N6O8. The second-order valence-electron chi connectivity index (χ2n) is 16.4. The summed E-state index contributed by atoms with van der Waals surface area (Å²) in [6, 6.07) is 16.2.